The van der Waals surface area contributed by atoms with E-state index in [9.17, 15) is 0 Å². The van der Waals surface area contributed by atoms with Gasteiger partial charge in [0.15, 0.2) is 6.20 Å². The summed E-state index contributed by atoms with van der Waals surface area (Å²) in [6.07, 6.45) is 24.6. The predicted molar refractivity (Wildman–Crippen MR) is 557 cm³/mol. The molecular weight excluding hydrogens is 1620 g/mol. The maximum atomic E-state index is 8.56. The van der Waals surface area contributed by atoms with Gasteiger partial charge in [0.25, 0.3) is 0 Å². The van der Waals surface area contributed by atoms with Gasteiger partial charge in [-0.1, -0.05) is 231 Å². The zero-order chi connectivity index (χ0) is 107. The minimum absolute atomic E-state index is 0.272. The number of hydrogen-bond donors (Lipinski definition) is 0. The number of benzene rings is 8. The highest BCUT2D eigenvalue weighted by Gasteiger charge is 2.33. The molecule has 0 N–H and O–H groups in total. The van der Waals surface area contributed by atoms with Crippen molar-refractivity contribution < 1.29 is 26.5 Å². The van der Waals surface area contributed by atoms with Crippen LogP contribution < -0.4 is 24.2 Å². The minimum Gasteiger partial charge on any atom is -0.359 e. The number of aryl methyl sites for hydroxylation is 9. The van der Waals surface area contributed by atoms with Crippen molar-refractivity contribution in [2.45, 2.75) is 187 Å². The number of hydrogen-bond acceptors (Lipinski definition) is 9. The zero-order valence-corrected chi connectivity index (χ0v) is 79.8. The summed E-state index contributed by atoms with van der Waals surface area (Å²) >= 11 is 0. The third-order valence-corrected chi connectivity index (χ3v) is 25.7. The van der Waals surface area contributed by atoms with Gasteiger partial charge in [-0.2, -0.15) is 4.57 Å². The summed E-state index contributed by atoms with van der Waals surface area (Å²) in [4.78, 5) is 18.2. The maximum absolute atomic E-state index is 8.56. The normalized spacial score (nSPS) is 18.4. The van der Waals surface area contributed by atoms with Crippen LogP contribution in [0.5, 0.6) is 0 Å². The Morgan fingerprint density at radius 2 is 0.750 bits per heavy atom. The highest BCUT2D eigenvalue weighted by molar-refractivity contribution is 5.97. The van der Waals surface area contributed by atoms with E-state index in [1.165, 1.54) is 122 Å². The van der Waals surface area contributed by atoms with Gasteiger partial charge in [0.05, 0.1) is 39.6 Å². The Kier molecular flexibility index (Phi) is 22.3. The quantitative estimate of drug-likeness (QED) is 0.0830. The summed E-state index contributed by atoms with van der Waals surface area (Å²) < 4.78 is 138. The van der Waals surface area contributed by atoms with Crippen molar-refractivity contribution in [3.05, 3.63) is 390 Å². The third kappa shape index (κ3) is 18.5. The van der Waals surface area contributed by atoms with Gasteiger partial charge in [-0.15, -0.1) is 0 Å². The first-order chi connectivity index (χ1) is 69.8. The molecule has 0 amide bonds. The number of fused-ring (bicyclic) bond motifs is 1. The molecule has 0 saturated carbocycles. The van der Waals surface area contributed by atoms with E-state index < -0.39 is 46.8 Å². The molecule has 1 unspecified atom stereocenters. The van der Waals surface area contributed by atoms with Crippen molar-refractivity contribution in [1.29, 1.82) is 0 Å². The minimum atomic E-state index is -2.51. The number of anilines is 4. The van der Waals surface area contributed by atoms with Gasteiger partial charge in [0.2, 0.25) is 5.69 Å². The lowest BCUT2D eigenvalue weighted by atomic mass is 9.92. The summed E-state index contributed by atoms with van der Waals surface area (Å²) in [6, 6.07) is 81.7. The molecule has 8 aromatic carbocycles. The summed E-state index contributed by atoms with van der Waals surface area (Å²) in [5.74, 6) is 3.12. The van der Waals surface area contributed by atoms with Crippen molar-refractivity contribution in [1.82, 2.24) is 47.4 Å². The van der Waals surface area contributed by atoms with Crippen LogP contribution in [0.3, 0.4) is 0 Å². The molecule has 678 valence electrons. The second-order valence-electron chi connectivity index (χ2n) is 35.8. The Bertz CT molecular complexity index is 7260. The molecule has 132 heavy (non-hydrogen) atoms. The second-order valence-corrected chi connectivity index (χ2v) is 35.8. The molecule has 0 bridgehead atoms. The molecule has 0 saturated heterocycles. The molecule has 5 atom stereocenters. The van der Waals surface area contributed by atoms with E-state index in [-0.39, 0.29) is 18.5 Å². The lowest BCUT2D eigenvalue weighted by molar-refractivity contribution is -0.660. The van der Waals surface area contributed by atoms with Crippen LogP contribution in [0.25, 0.3) is 84.2 Å². The molecule has 7 aromatic heterocycles. The zero-order valence-electron chi connectivity index (χ0n) is 95.8. The standard InChI is InChI=1S/C38H30N3.C22H31N3.3C19H25N3/c1-27-31-18-9-10-22-35(31)41(37(27)36-26-30(23-25-40(36)2)34-21-11-12-24-39-34)38-32(28-14-5-3-6-15-28)19-13-20-33(38)29-16-7-4-8-17-29;1-15(2)19-9-8-10-20(16(3)4)21(19)25-12-11-17(5)22(25)24-14-13-23(7)18(24)6;1-13-11-15(3)18(16(4)12-13)22-8-7-14(2)19(22)21-10-9-20(6)17(21)5;2*1-14(2)17-8-6-7-9-18(17)22-11-10-15(3)19(22)21-13-12-20(5)16(21)4/h3-26H,1-2H3;8-16,18H,1-7H3;7-12,17H,1-6H3;2*6-14,16H,1-5H3/q+1;;;;/t;18-;17-;2*16-/m.0000/s1/i;7D3;6D3;1D3,5D3,14D;5D3/t;2m;14?,16-;m. The van der Waals surface area contributed by atoms with Crippen molar-refractivity contribution in [2.75, 3.05) is 47.5 Å². The van der Waals surface area contributed by atoms with Crippen molar-refractivity contribution in [3.8, 4) is 73.3 Å². The molecule has 19 rings (SSSR count). The fraction of sp³-hybridized carbons (Fsp3) is 0.282. The molecule has 0 fully saturated rings. The highest BCUT2D eigenvalue weighted by atomic mass is 15.4. The molecule has 0 aliphatic carbocycles. The van der Waals surface area contributed by atoms with Gasteiger partial charge < -0.3 is 62.0 Å². The molecule has 15 heteroatoms. The third-order valence-electron chi connectivity index (χ3n) is 25.7. The van der Waals surface area contributed by atoms with Crippen LogP contribution >= 0.6 is 0 Å². The Morgan fingerprint density at radius 1 is 0.356 bits per heavy atom. The molecule has 15 nitrogen and oxygen atoms in total. The van der Waals surface area contributed by atoms with Gasteiger partial charge in [-0.25, -0.2) is 0 Å². The lowest BCUT2D eigenvalue weighted by Gasteiger charge is -2.30. The average Bonchev–Trinajstić information content (AvgIpc) is 1.56. The summed E-state index contributed by atoms with van der Waals surface area (Å²) in [5, 5.41) is 1.24. The van der Waals surface area contributed by atoms with Crippen LogP contribution in [-0.2, 0) is 7.05 Å². The fourth-order valence-corrected chi connectivity index (χ4v) is 18.7. The van der Waals surface area contributed by atoms with Gasteiger partial charge in [0, 0.05) is 165 Å². The first-order valence-corrected chi connectivity index (χ1v) is 45.7. The monoisotopic (exact) mass is 1770 g/mol. The SMILES string of the molecule is Cc1c(-c2cc(-c3ccccn3)cc[n+]2C)n(-c2c(-c3ccccc3)cccc2-c2ccccc2)c2ccccc12.[2H]C([2H])([2H])N1C=CN(c2c(C)ccn2-c2c(C(C)C)cccc2C(C)C)[C@H]1C.[2H]C([2H])([2H])N1C=CN(c2c(C)ccn2-c2c(C)cc(C)cc2C)[C@H]1C.[2H]C([2H])([2H])N1C=CN(c2c(C)ccn2-c2ccccc2C(C)C)[C@H]1C.[2H]C([2H])([2H])N1C=CN(c2c(C)ccn2-c2ccccc2C([2H])(C)C([2H])([2H])[2H])[C@H]1C. The molecule has 4 aliphatic heterocycles. The number of nitrogens with zero attached hydrogens (tertiary/aromatic N) is 15. The Balaban J connectivity index is 0.000000141. The molecule has 0 radical (unpaired) electrons. The fourth-order valence-electron chi connectivity index (χ4n) is 18.7. The molecular formula is C117H136N15+. The van der Waals surface area contributed by atoms with E-state index in [1.54, 1.807) is 56.0 Å². The van der Waals surface area contributed by atoms with Gasteiger partial charge in [0.1, 0.15) is 60.7 Å². The van der Waals surface area contributed by atoms with Gasteiger partial charge >= 0.3 is 0 Å². The van der Waals surface area contributed by atoms with Crippen LogP contribution in [0, 0.1) is 55.4 Å². The van der Waals surface area contributed by atoms with Gasteiger partial charge in [-0.05, 0) is 234 Å². The number of rotatable bonds is 17. The first-order valence-electron chi connectivity index (χ1n) is 53.7. The second kappa shape index (κ2) is 39.8. The van der Waals surface area contributed by atoms with Crippen molar-refractivity contribution in [3.63, 3.8) is 0 Å². The van der Waals surface area contributed by atoms with E-state index in [4.69, 9.17) is 21.9 Å². The highest BCUT2D eigenvalue weighted by Crippen LogP contribution is 2.46. The summed E-state index contributed by atoms with van der Waals surface area (Å²) in [6.45, 7) is 27.6. The van der Waals surface area contributed by atoms with E-state index in [0.29, 0.717) is 29.0 Å². The number of pyridine rings is 2. The lowest BCUT2D eigenvalue weighted by Crippen LogP contribution is -2.35. The van der Waals surface area contributed by atoms with Crippen LogP contribution in [0.1, 0.15) is 195 Å². The molecule has 11 heterocycles. The molecule has 15 aromatic rings. The topological polar surface area (TPSA) is 67.3 Å². The van der Waals surface area contributed by atoms with E-state index in [1.807, 2.05) is 102 Å². The molecule has 0 spiro atoms. The number of aromatic nitrogens is 7. The average molecular weight is 1770 g/mol. The number of para-hydroxylation sites is 5. The Hall–Kier alpha value is -13.9. The van der Waals surface area contributed by atoms with E-state index >= 15 is 0 Å². The summed E-state index contributed by atoms with van der Waals surface area (Å²) in [7, 11) is 2.13. The van der Waals surface area contributed by atoms with E-state index in [0.717, 1.165) is 73.9 Å². The van der Waals surface area contributed by atoms with Crippen molar-refractivity contribution in [2.24, 2.45) is 7.05 Å². The van der Waals surface area contributed by atoms with Crippen molar-refractivity contribution >= 4 is 34.2 Å². The Labute approximate surface area is 808 Å². The van der Waals surface area contributed by atoms with Crippen LogP contribution in [-0.4, -0.2) is 100.0 Å². The molecule has 4 aliphatic rings. The summed E-state index contributed by atoms with van der Waals surface area (Å²) in [5.41, 5.74) is 28.9. The van der Waals surface area contributed by atoms with Crippen LogP contribution in [0.2, 0.25) is 0 Å². The van der Waals surface area contributed by atoms with E-state index in [2.05, 4.69) is 343 Å². The predicted octanol–water partition coefficient (Wildman–Crippen LogP) is 27.7. The first kappa shape index (κ1) is 73.8. The Morgan fingerprint density at radius 3 is 1.19 bits per heavy atom. The maximum Gasteiger partial charge on any atom is 0.230 e. The van der Waals surface area contributed by atoms with Crippen LogP contribution in [0.4, 0.5) is 23.3 Å². The largest absolute Gasteiger partial charge is 0.359 e. The van der Waals surface area contributed by atoms with Gasteiger partial charge in [-0.3, -0.25) is 4.98 Å². The van der Waals surface area contributed by atoms with Crippen LogP contribution in [0.15, 0.2) is 323 Å². The smallest absolute Gasteiger partial charge is 0.230 e.